The SMILES string of the molecule is C=C/C=C\C(=[NH+]C)SCCNC=O.CC1CCN(c2ccc(/C=C/c3cccc[n+]3C)cc2)CC1. The summed E-state index contributed by atoms with van der Waals surface area (Å²) >= 11 is 1.65. The highest BCUT2D eigenvalue weighted by molar-refractivity contribution is 8.14. The van der Waals surface area contributed by atoms with Gasteiger partial charge in [-0.2, -0.15) is 0 Å². The van der Waals surface area contributed by atoms with Gasteiger partial charge in [0.15, 0.2) is 6.20 Å². The molecule has 1 aromatic heterocycles. The third-order valence-corrected chi connectivity index (χ3v) is 6.86. The molecule has 1 aliphatic heterocycles. The van der Waals surface area contributed by atoms with E-state index in [0.29, 0.717) is 13.0 Å². The highest BCUT2D eigenvalue weighted by atomic mass is 32.2. The summed E-state index contributed by atoms with van der Waals surface area (Å²) in [7, 11) is 3.93. The number of nitrogens with one attached hydrogen (secondary N) is 2. The maximum Gasteiger partial charge on any atom is 0.232 e. The van der Waals surface area contributed by atoms with Crippen LogP contribution in [0.1, 0.15) is 31.0 Å². The number of thioether (sulfide) groups is 1. The van der Waals surface area contributed by atoms with E-state index in [2.05, 4.69) is 95.1 Å². The summed E-state index contributed by atoms with van der Waals surface area (Å²) < 4.78 is 2.12. The third kappa shape index (κ3) is 10.8. The number of carbonyl (C=O) groups is 1. The van der Waals surface area contributed by atoms with Gasteiger partial charge in [-0.05, 0) is 48.6 Å². The normalized spacial score (nSPS) is 14.6. The lowest BCUT2D eigenvalue weighted by Gasteiger charge is -2.32. The number of hydrogen-bond acceptors (Lipinski definition) is 3. The Kier molecular flexibility index (Phi) is 13.3. The molecule has 2 heterocycles. The number of hydrogen-bond donors (Lipinski definition) is 2. The van der Waals surface area contributed by atoms with Gasteiger partial charge in [0, 0.05) is 55.4 Å². The van der Waals surface area contributed by atoms with Crippen molar-refractivity contribution in [2.24, 2.45) is 13.0 Å². The van der Waals surface area contributed by atoms with Crippen LogP contribution in [0.25, 0.3) is 12.2 Å². The molecule has 1 saturated heterocycles. The number of pyridine rings is 1. The second-order valence-electron chi connectivity index (χ2n) is 8.46. The number of aromatic nitrogens is 1. The fourth-order valence-electron chi connectivity index (χ4n) is 3.59. The van der Waals surface area contributed by atoms with Crippen LogP contribution in [0, 0.1) is 5.92 Å². The highest BCUT2D eigenvalue weighted by Crippen LogP contribution is 2.23. The van der Waals surface area contributed by atoms with Crippen molar-refractivity contribution >= 4 is 41.1 Å². The average molecular weight is 493 g/mol. The van der Waals surface area contributed by atoms with Crippen LogP contribution in [0.5, 0.6) is 0 Å². The Balaban J connectivity index is 0.000000287. The van der Waals surface area contributed by atoms with Gasteiger partial charge in [-0.25, -0.2) is 9.56 Å². The number of anilines is 1. The van der Waals surface area contributed by atoms with E-state index < -0.39 is 0 Å². The van der Waals surface area contributed by atoms with Gasteiger partial charge >= 0.3 is 0 Å². The summed E-state index contributed by atoms with van der Waals surface area (Å²) in [6.07, 6.45) is 15.3. The van der Waals surface area contributed by atoms with Gasteiger partial charge in [-0.3, -0.25) is 4.79 Å². The van der Waals surface area contributed by atoms with Crippen molar-refractivity contribution < 1.29 is 14.4 Å². The molecular formula is C29H40N4OS+2. The van der Waals surface area contributed by atoms with Gasteiger partial charge in [0.25, 0.3) is 0 Å². The summed E-state index contributed by atoms with van der Waals surface area (Å²) in [6, 6.07) is 15.2. The van der Waals surface area contributed by atoms with Crippen molar-refractivity contribution in [1.82, 2.24) is 5.32 Å². The van der Waals surface area contributed by atoms with Crippen LogP contribution in [-0.2, 0) is 11.8 Å². The van der Waals surface area contributed by atoms with Crippen LogP contribution in [-0.4, -0.2) is 43.9 Å². The smallest absolute Gasteiger partial charge is 0.232 e. The number of nitrogens with zero attached hydrogens (tertiary/aromatic N) is 2. The van der Waals surface area contributed by atoms with Gasteiger partial charge in [-0.1, -0.05) is 49.5 Å². The Hall–Kier alpha value is -3.12. The predicted octanol–water partition coefficient (Wildman–Crippen LogP) is 3.23. The molecule has 0 saturated carbocycles. The molecule has 0 spiro atoms. The van der Waals surface area contributed by atoms with Gasteiger partial charge < -0.3 is 10.2 Å². The minimum atomic E-state index is 0.682. The van der Waals surface area contributed by atoms with Crippen molar-refractivity contribution in [2.45, 2.75) is 19.8 Å². The Morgan fingerprint density at radius 3 is 2.57 bits per heavy atom. The van der Waals surface area contributed by atoms with Crippen molar-refractivity contribution in [2.75, 3.05) is 37.3 Å². The van der Waals surface area contributed by atoms with Gasteiger partial charge in [0.05, 0.1) is 0 Å². The summed E-state index contributed by atoms with van der Waals surface area (Å²) in [6.45, 7) is 9.00. The average Bonchev–Trinajstić information content (AvgIpc) is 2.89. The van der Waals surface area contributed by atoms with E-state index in [0.717, 1.165) is 16.7 Å². The molecule has 2 N–H and O–H groups in total. The van der Waals surface area contributed by atoms with Gasteiger partial charge in [-0.15, -0.1) is 0 Å². The summed E-state index contributed by atoms with van der Waals surface area (Å²) in [5.74, 6) is 1.74. The molecule has 186 valence electrons. The first-order valence-corrected chi connectivity index (χ1v) is 13.2. The molecule has 1 amide bonds. The quantitative estimate of drug-likeness (QED) is 0.141. The molecule has 35 heavy (non-hydrogen) atoms. The molecule has 0 unspecified atom stereocenters. The van der Waals surface area contributed by atoms with Crippen molar-refractivity contribution in [3.63, 3.8) is 0 Å². The molecule has 5 nitrogen and oxygen atoms in total. The van der Waals surface area contributed by atoms with Gasteiger partial charge in [0.2, 0.25) is 17.1 Å². The topological polar surface area (TPSA) is 50.2 Å². The number of aryl methyl sites for hydroxylation is 1. The maximum atomic E-state index is 9.92. The zero-order valence-corrected chi connectivity index (χ0v) is 22.1. The lowest BCUT2D eigenvalue weighted by atomic mass is 9.98. The number of rotatable bonds is 9. The van der Waals surface area contributed by atoms with E-state index in [1.165, 1.54) is 42.9 Å². The van der Waals surface area contributed by atoms with Crippen LogP contribution in [0.15, 0.2) is 73.5 Å². The Bertz CT molecular complexity index is 990. The standard InChI is InChI=1S/C20H25N2.C9H14N2OS/c1-17-12-15-22(16-13-17)20-10-7-18(8-11-20)6-9-19-5-3-4-14-21(19)2;1-3-4-5-9(10-2)13-7-6-11-8-12/h3-11,14,17H,12-13,15-16H2,1-2H3;3-5,8H,1,6-7H2,2H3,(H,11,12)/q+1;/p+1/b;5-4-,10-9?. The van der Waals surface area contributed by atoms with E-state index in [1.54, 1.807) is 17.8 Å². The van der Waals surface area contributed by atoms with Gasteiger partial charge in [0.1, 0.15) is 14.1 Å². The highest BCUT2D eigenvalue weighted by Gasteiger charge is 2.15. The van der Waals surface area contributed by atoms with Crippen LogP contribution in [0.4, 0.5) is 5.69 Å². The van der Waals surface area contributed by atoms with Crippen LogP contribution in [0.2, 0.25) is 0 Å². The molecule has 3 rings (SSSR count). The van der Waals surface area contributed by atoms with E-state index in [9.17, 15) is 4.79 Å². The fraction of sp³-hybridized carbons (Fsp3) is 0.345. The zero-order valence-electron chi connectivity index (χ0n) is 21.3. The predicted molar refractivity (Wildman–Crippen MR) is 151 cm³/mol. The number of carbonyl (C=O) groups excluding carboxylic acids is 1. The fourth-order valence-corrected chi connectivity index (χ4v) is 4.35. The number of benzene rings is 1. The zero-order chi connectivity index (χ0) is 25.3. The maximum absolute atomic E-state index is 9.92. The first-order valence-electron chi connectivity index (χ1n) is 12.2. The lowest BCUT2D eigenvalue weighted by molar-refractivity contribution is -0.673. The van der Waals surface area contributed by atoms with Crippen molar-refractivity contribution in [1.29, 1.82) is 0 Å². The second kappa shape index (κ2) is 16.5. The molecule has 0 bridgehead atoms. The molecule has 2 aromatic rings. The van der Waals surface area contributed by atoms with Crippen LogP contribution < -0.4 is 19.8 Å². The molecule has 1 fully saturated rings. The molecule has 1 aromatic carbocycles. The Labute approximate surface area is 215 Å². The summed E-state index contributed by atoms with van der Waals surface area (Å²) in [5.41, 5.74) is 3.81. The van der Waals surface area contributed by atoms with E-state index >= 15 is 0 Å². The molecular weight excluding hydrogens is 452 g/mol. The van der Waals surface area contributed by atoms with Crippen molar-refractivity contribution in [3.8, 4) is 0 Å². The number of amides is 1. The minimum Gasteiger partial charge on any atom is -0.372 e. The first-order chi connectivity index (χ1) is 17.1. The third-order valence-electron chi connectivity index (χ3n) is 5.80. The molecule has 6 heteroatoms. The first kappa shape index (κ1) is 28.1. The number of allylic oxidation sites excluding steroid dienone is 2. The van der Waals surface area contributed by atoms with Crippen LogP contribution in [0.3, 0.4) is 0 Å². The van der Waals surface area contributed by atoms with E-state index in [-0.39, 0.29) is 0 Å². The van der Waals surface area contributed by atoms with Crippen LogP contribution >= 0.6 is 11.8 Å². The largest absolute Gasteiger partial charge is 0.372 e. The van der Waals surface area contributed by atoms with E-state index in [1.807, 2.05) is 25.3 Å². The summed E-state index contributed by atoms with van der Waals surface area (Å²) in [4.78, 5) is 15.5. The van der Waals surface area contributed by atoms with E-state index in [4.69, 9.17) is 0 Å². The number of piperidine rings is 1. The summed E-state index contributed by atoms with van der Waals surface area (Å²) in [5, 5.41) is 3.66. The van der Waals surface area contributed by atoms with Crippen molar-refractivity contribution in [3.05, 3.63) is 84.7 Å². The minimum absolute atomic E-state index is 0.682. The molecule has 0 atom stereocenters. The Morgan fingerprint density at radius 1 is 1.20 bits per heavy atom. The molecule has 0 aliphatic carbocycles. The lowest BCUT2D eigenvalue weighted by Crippen LogP contribution is -2.66. The molecule has 1 aliphatic rings. The Morgan fingerprint density at radius 2 is 1.94 bits per heavy atom. The second-order valence-corrected chi connectivity index (χ2v) is 9.60. The monoisotopic (exact) mass is 492 g/mol. The molecule has 0 radical (unpaired) electrons.